The second-order valence-electron chi connectivity index (χ2n) is 3.73. The number of amides is 1. The number of hydrogen-bond donors (Lipinski definition) is 1. The number of benzene rings is 1. The smallest absolute Gasteiger partial charge is 0.440 e. The van der Waals surface area contributed by atoms with Gasteiger partial charge in [0.05, 0.1) is 13.0 Å². The third kappa shape index (κ3) is 5.89. The first-order chi connectivity index (χ1) is 8.72. The zero-order valence-electron chi connectivity index (χ0n) is 10.3. The van der Waals surface area contributed by atoms with E-state index in [-0.39, 0.29) is 6.42 Å². The summed E-state index contributed by atoms with van der Waals surface area (Å²) >= 11 is 0. The Balaban J connectivity index is 2.19. The molecule has 1 N–H and O–H groups in total. The topological polar surface area (TPSA) is 64.6 Å². The molecule has 0 spiro atoms. The molecule has 1 rings (SSSR count). The number of unbranched alkanes of at least 4 members (excludes halogenated alkanes) is 1. The third-order valence-electron chi connectivity index (χ3n) is 2.17. The first kappa shape index (κ1) is 14.0. The molecule has 0 unspecified atom stereocenters. The van der Waals surface area contributed by atoms with Gasteiger partial charge in [0.2, 0.25) is 0 Å². The van der Waals surface area contributed by atoms with E-state index in [1.54, 1.807) is 12.1 Å². The van der Waals surface area contributed by atoms with Crippen LogP contribution >= 0.6 is 0 Å². The fourth-order valence-corrected chi connectivity index (χ4v) is 1.24. The molecule has 0 aromatic heterocycles. The Hall–Kier alpha value is -2.04. The van der Waals surface area contributed by atoms with Crippen molar-refractivity contribution in [2.45, 2.75) is 26.2 Å². The lowest BCUT2D eigenvalue weighted by molar-refractivity contribution is -0.148. The molecule has 5 nitrogen and oxygen atoms in total. The number of rotatable bonds is 5. The van der Waals surface area contributed by atoms with E-state index in [4.69, 9.17) is 4.74 Å². The summed E-state index contributed by atoms with van der Waals surface area (Å²) in [6.07, 6.45) is 1.08. The maximum absolute atomic E-state index is 11.4. The highest BCUT2D eigenvalue weighted by Gasteiger charge is 2.08. The van der Waals surface area contributed by atoms with Gasteiger partial charge in [0.1, 0.15) is 0 Å². The molecule has 5 heteroatoms. The van der Waals surface area contributed by atoms with Gasteiger partial charge in [-0.05, 0) is 12.0 Å². The first-order valence-corrected chi connectivity index (χ1v) is 5.88. The van der Waals surface area contributed by atoms with E-state index in [9.17, 15) is 9.59 Å². The molecule has 1 aromatic rings. The molecule has 98 valence electrons. The number of carbonyl (C=O) groups excluding carboxylic acids is 2. The average molecular weight is 251 g/mol. The highest BCUT2D eigenvalue weighted by atomic mass is 16.7. The number of hydrogen-bond acceptors (Lipinski definition) is 4. The SMILES string of the molecule is CCCCOC(=O)NOC(=O)Cc1ccccc1. The zero-order valence-corrected chi connectivity index (χ0v) is 10.3. The molecule has 0 aliphatic carbocycles. The van der Waals surface area contributed by atoms with Crippen LogP contribution in [0, 0.1) is 0 Å². The monoisotopic (exact) mass is 251 g/mol. The van der Waals surface area contributed by atoms with Crippen molar-refractivity contribution in [3.8, 4) is 0 Å². The summed E-state index contributed by atoms with van der Waals surface area (Å²) in [6, 6.07) is 9.13. The molecule has 0 aliphatic rings. The van der Waals surface area contributed by atoms with Gasteiger partial charge < -0.3 is 9.57 Å². The summed E-state index contributed by atoms with van der Waals surface area (Å²) in [6.45, 7) is 2.31. The molecule has 0 heterocycles. The normalized spacial score (nSPS) is 9.61. The second-order valence-corrected chi connectivity index (χ2v) is 3.73. The van der Waals surface area contributed by atoms with E-state index in [0.29, 0.717) is 6.61 Å². The first-order valence-electron chi connectivity index (χ1n) is 5.88. The highest BCUT2D eigenvalue weighted by Crippen LogP contribution is 2.00. The minimum atomic E-state index is -0.745. The molecule has 0 aliphatic heterocycles. The number of ether oxygens (including phenoxy) is 1. The van der Waals surface area contributed by atoms with Crippen LogP contribution in [0.5, 0.6) is 0 Å². The summed E-state index contributed by atoms with van der Waals surface area (Å²) < 4.78 is 4.76. The molecule has 18 heavy (non-hydrogen) atoms. The van der Waals surface area contributed by atoms with E-state index < -0.39 is 12.1 Å². The maximum Gasteiger partial charge on any atom is 0.440 e. The quantitative estimate of drug-likeness (QED) is 0.643. The fourth-order valence-electron chi connectivity index (χ4n) is 1.24. The number of hydroxylamine groups is 1. The Morgan fingerprint density at radius 1 is 1.22 bits per heavy atom. The van der Waals surface area contributed by atoms with Crippen molar-refractivity contribution in [1.29, 1.82) is 0 Å². The molecule has 0 radical (unpaired) electrons. The van der Waals surface area contributed by atoms with Gasteiger partial charge in [-0.3, -0.25) is 0 Å². The highest BCUT2D eigenvalue weighted by molar-refractivity contribution is 5.75. The minimum absolute atomic E-state index is 0.107. The van der Waals surface area contributed by atoms with Crippen molar-refractivity contribution in [2.75, 3.05) is 6.61 Å². The van der Waals surface area contributed by atoms with E-state index in [1.807, 2.05) is 30.6 Å². The van der Waals surface area contributed by atoms with E-state index in [2.05, 4.69) is 4.84 Å². The van der Waals surface area contributed by atoms with Gasteiger partial charge in [0, 0.05) is 0 Å². The van der Waals surface area contributed by atoms with Crippen molar-refractivity contribution in [3.63, 3.8) is 0 Å². The predicted octanol–water partition coefficient (Wildman–Crippen LogP) is 2.21. The molecular weight excluding hydrogens is 234 g/mol. The molecule has 0 atom stereocenters. The average Bonchev–Trinajstić information content (AvgIpc) is 2.38. The molecule has 0 bridgehead atoms. The Morgan fingerprint density at radius 3 is 2.61 bits per heavy atom. The van der Waals surface area contributed by atoms with E-state index >= 15 is 0 Å². The van der Waals surface area contributed by atoms with Crippen LogP contribution in [0.1, 0.15) is 25.3 Å². The van der Waals surface area contributed by atoms with Gasteiger partial charge in [-0.25, -0.2) is 9.59 Å². The Morgan fingerprint density at radius 2 is 1.94 bits per heavy atom. The van der Waals surface area contributed by atoms with Crippen molar-refractivity contribution in [3.05, 3.63) is 35.9 Å². The molecular formula is C13H17NO4. The lowest BCUT2D eigenvalue weighted by atomic mass is 10.2. The van der Waals surface area contributed by atoms with Crippen molar-refractivity contribution >= 4 is 12.1 Å². The minimum Gasteiger partial charge on any atom is -0.447 e. The molecule has 0 saturated heterocycles. The van der Waals surface area contributed by atoms with Crippen LogP contribution in [0.2, 0.25) is 0 Å². The molecule has 0 saturated carbocycles. The van der Waals surface area contributed by atoms with Gasteiger partial charge in [-0.1, -0.05) is 43.7 Å². The lowest BCUT2D eigenvalue weighted by Crippen LogP contribution is -2.28. The van der Waals surface area contributed by atoms with Crippen molar-refractivity contribution < 1.29 is 19.2 Å². The lowest BCUT2D eigenvalue weighted by Gasteiger charge is -2.06. The largest absolute Gasteiger partial charge is 0.447 e. The molecule has 1 aromatic carbocycles. The summed E-state index contributed by atoms with van der Waals surface area (Å²) in [5.41, 5.74) is 2.77. The third-order valence-corrected chi connectivity index (χ3v) is 2.17. The maximum atomic E-state index is 11.4. The summed E-state index contributed by atoms with van der Waals surface area (Å²) in [7, 11) is 0. The van der Waals surface area contributed by atoms with E-state index in [1.165, 1.54) is 0 Å². The van der Waals surface area contributed by atoms with Crippen LogP contribution in [-0.2, 0) is 20.8 Å². The number of carbonyl (C=O) groups is 2. The van der Waals surface area contributed by atoms with Gasteiger partial charge in [0.25, 0.3) is 0 Å². The van der Waals surface area contributed by atoms with Crippen LogP contribution in [0.25, 0.3) is 0 Å². The van der Waals surface area contributed by atoms with Crippen molar-refractivity contribution in [2.24, 2.45) is 0 Å². The van der Waals surface area contributed by atoms with Crippen LogP contribution in [0.3, 0.4) is 0 Å². The van der Waals surface area contributed by atoms with E-state index in [0.717, 1.165) is 18.4 Å². The van der Waals surface area contributed by atoms with Crippen LogP contribution < -0.4 is 5.48 Å². The van der Waals surface area contributed by atoms with Crippen molar-refractivity contribution in [1.82, 2.24) is 5.48 Å². The summed E-state index contributed by atoms with van der Waals surface area (Å²) in [5, 5.41) is 0. The summed E-state index contributed by atoms with van der Waals surface area (Å²) in [4.78, 5) is 27.0. The van der Waals surface area contributed by atoms with Gasteiger partial charge in [-0.2, -0.15) is 0 Å². The number of nitrogens with one attached hydrogen (secondary N) is 1. The van der Waals surface area contributed by atoms with Crippen LogP contribution in [0.15, 0.2) is 30.3 Å². The van der Waals surface area contributed by atoms with Gasteiger partial charge in [-0.15, -0.1) is 5.48 Å². The summed E-state index contributed by atoms with van der Waals surface area (Å²) in [5.74, 6) is -0.534. The van der Waals surface area contributed by atoms with Crippen LogP contribution in [-0.4, -0.2) is 18.7 Å². The fraction of sp³-hybridized carbons (Fsp3) is 0.385. The standard InChI is InChI=1S/C13H17NO4/c1-2-3-9-17-13(16)14-18-12(15)10-11-7-5-4-6-8-11/h4-8H,2-3,9-10H2,1H3,(H,14,16). The zero-order chi connectivity index (χ0) is 13.2. The van der Waals surface area contributed by atoms with Gasteiger partial charge in [0.15, 0.2) is 0 Å². The molecule has 0 fully saturated rings. The Labute approximate surface area is 106 Å². The van der Waals surface area contributed by atoms with Gasteiger partial charge >= 0.3 is 12.1 Å². The Bertz CT molecular complexity index is 378. The second kappa shape index (κ2) is 8.11. The van der Waals surface area contributed by atoms with Crippen LogP contribution in [0.4, 0.5) is 4.79 Å². The molecule has 1 amide bonds. The Kier molecular flexibility index (Phi) is 6.32. The predicted molar refractivity (Wildman–Crippen MR) is 65.6 cm³/mol.